The molecule has 2 aliphatic heterocycles. The minimum Gasteiger partial charge on any atom is -0.378 e. The highest BCUT2D eigenvalue weighted by molar-refractivity contribution is 5.95. The molecule has 2 aromatic rings. The van der Waals surface area contributed by atoms with Gasteiger partial charge in [-0.15, -0.1) is 0 Å². The zero-order valence-corrected chi connectivity index (χ0v) is 17.3. The minimum absolute atomic E-state index is 0.00638. The molecule has 30 heavy (non-hydrogen) atoms. The van der Waals surface area contributed by atoms with E-state index in [-0.39, 0.29) is 17.7 Å². The van der Waals surface area contributed by atoms with Crippen LogP contribution in [-0.4, -0.2) is 78.1 Å². The summed E-state index contributed by atoms with van der Waals surface area (Å²) < 4.78 is 5.39. The number of pyridine rings is 1. The Balaban J connectivity index is 1.45. The molecule has 0 spiro atoms. The second-order valence-corrected chi connectivity index (χ2v) is 7.55. The number of rotatable bonds is 4. The number of ether oxygens (including phenoxy) is 1. The molecule has 1 atom stereocenters. The lowest BCUT2D eigenvalue weighted by Gasteiger charge is -2.28. The largest absolute Gasteiger partial charge is 0.378 e. The number of nitrogens with zero attached hydrogens (tertiary/aromatic N) is 5. The number of hydrogen-bond donors (Lipinski definition) is 1. The van der Waals surface area contributed by atoms with Crippen LogP contribution in [0.5, 0.6) is 0 Å². The van der Waals surface area contributed by atoms with Gasteiger partial charge in [0.25, 0.3) is 11.8 Å². The third-order valence-corrected chi connectivity index (χ3v) is 5.64. The van der Waals surface area contributed by atoms with Gasteiger partial charge in [0.1, 0.15) is 11.6 Å². The number of carbonyl (C=O) groups is 2. The van der Waals surface area contributed by atoms with Crippen LogP contribution >= 0.6 is 0 Å². The Morgan fingerprint density at radius 1 is 1.20 bits per heavy atom. The van der Waals surface area contributed by atoms with E-state index in [1.807, 2.05) is 11.0 Å². The topological polar surface area (TPSA) is 101 Å². The Morgan fingerprint density at radius 3 is 2.73 bits per heavy atom. The van der Waals surface area contributed by atoms with E-state index < -0.39 is 0 Å². The van der Waals surface area contributed by atoms with Crippen molar-refractivity contribution in [1.82, 2.24) is 25.2 Å². The molecule has 4 rings (SSSR count). The summed E-state index contributed by atoms with van der Waals surface area (Å²) in [4.78, 5) is 42.2. The van der Waals surface area contributed by atoms with E-state index in [0.717, 1.165) is 25.3 Å². The van der Waals surface area contributed by atoms with Gasteiger partial charge in [0, 0.05) is 57.1 Å². The van der Waals surface area contributed by atoms with Gasteiger partial charge in [0.15, 0.2) is 0 Å². The number of anilines is 1. The molecule has 2 aliphatic rings. The summed E-state index contributed by atoms with van der Waals surface area (Å²) in [5.74, 6) is 1.35. The first-order valence-corrected chi connectivity index (χ1v) is 10.2. The molecule has 9 nitrogen and oxygen atoms in total. The second kappa shape index (κ2) is 8.74. The molecule has 0 aromatic carbocycles. The zero-order valence-electron chi connectivity index (χ0n) is 17.3. The van der Waals surface area contributed by atoms with E-state index in [9.17, 15) is 9.59 Å². The Morgan fingerprint density at radius 2 is 2.00 bits per heavy atom. The molecule has 2 fully saturated rings. The first-order valence-electron chi connectivity index (χ1n) is 10.2. The first-order chi connectivity index (χ1) is 14.6. The van der Waals surface area contributed by atoms with Crippen molar-refractivity contribution in [2.75, 3.05) is 51.3 Å². The Bertz CT molecular complexity index is 944. The van der Waals surface area contributed by atoms with Crippen LogP contribution in [0.1, 0.15) is 44.6 Å². The molecule has 1 N–H and O–H groups in total. The van der Waals surface area contributed by atoms with Gasteiger partial charge in [-0.1, -0.05) is 0 Å². The van der Waals surface area contributed by atoms with Crippen molar-refractivity contribution in [3.8, 4) is 0 Å². The Labute approximate surface area is 175 Å². The van der Waals surface area contributed by atoms with Crippen LogP contribution in [0.25, 0.3) is 0 Å². The van der Waals surface area contributed by atoms with Crippen LogP contribution in [0.2, 0.25) is 0 Å². The molecule has 2 amide bonds. The van der Waals surface area contributed by atoms with Crippen molar-refractivity contribution in [2.24, 2.45) is 0 Å². The van der Waals surface area contributed by atoms with Gasteiger partial charge in [-0.2, -0.15) is 0 Å². The minimum atomic E-state index is -0.198. The molecule has 158 valence electrons. The van der Waals surface area contributed by atoms with Crippen molar-refractivity contribution in [1.29, 1.82) is 0 Å². The van der Waals surface area contributed by atoms with Gasteiger partial charge < -0.3 is 19.9 Å². The maximum absolute atomic E-state index is 13.1. The summed E-state index contributed by atoms with van der Waals surface area (Å²) in [5.41, 5.74) is 1.76. The lowest BCUT2D eigenvalue weighted by Crippen LogP contribution is -2.37. The van der Waals surface area contributed by atoms with Crippen LogP contribution in [0, 0.1) is 6.92 Å². The fourth-order valence-electron chi connectivity index (χ4n) is 3.89. The highest BCUT2D eigenvalue weighted by Gasteiger charge is 2.30. The summed E-state index contributed by atoms with van der Waals surface area (Å²) in [6.45, 7) is 5.92. The van der Waals surface area contributed by atoms with Crippen molar-refractivity contribution in [3.05, 3.63) is 47.2 Å². The molecule has 0 saturated carbocycles. The molecule has 0 bridgehead atoms. The lowest BCUT2D eigenvalue weighted by molar-refractivity contribution is 0.0790. The Hall–Kier alpha value is -3.07. The summed E-state index contributed by atoms with van der Waals surface area (Å²) in [6.07, 6.45) is 4.06. The molecule has 9 heteroatoms. The van der Waals surface area contributed by atoms with Gasteiger partial charge >= 0.3 is 0 Å². The van der Waals surface area contributed by atoms with Crippen molar-refractivity contribution in [3.63, 3.8) is 0 Å². The second-order valence-electron chi connectivity index (χ2n) is 7.55. The number of amides is 2. The SMILES string of the molecule is CNC(=O)c1cnc(C2CCN(C(=O)c3ccnc(N4CCOCC4)c3)C2)nc1C. The predicted molar refractivity (Wildman–Crippen MR) is 111 cm³/mol. The van der Waals surface area contributed by atoms with Crippen molar-refractivity contribution >= 4 is 17.6 Å². The van der Waals surface area contributed by atoms with Crippen LogP contribution in [0.15, 0.2) is 24.5 Å². The van der Waals surface area contributed by atoms with Crippen LogP contribution in [0.4, 0.5) is 5.82 Å². The number of hydrogen-bond acceptors (Lipinski definition) is 7. The van der Waals surface area contributed by atoms with E-state index in [2.05, 4.69) is 25.2 Å². The lowest BCUT2D eigenvalue weighted by atomic mass is 10.1. The number of carbonyl (C=O) groups excluding carboxylic acids is 2. The van der Waals surface area contributed by atoms with E-state index in [4.69, 9.17) is 4.74 Å². The molecular formula is C21H26N6O3. The fraction of sp³-hybridized carbons (Fsp3) is 0.476. The number of aryl methyl sites for hydroxylation is 1. The zero-order chi connectivity index (χ0) is 21.1. The highest BCUT2D eigenvalue weighted by atomic mass is 16.5. The summed E-state index contributed by atoms with van der Waals surface area (Å²) in [7, 11) is 1.58. The number of aromatic nitrogens is 3. The smallest absolute Gasteiger partial charge is 0.254 e. The van der Waals surface area contributed by atoms with E-state index in [1.54, 1.807) is 32.4 Å². The summed E-state index contributed by atoms with van der Waals surface area (Å²) in [6, 6.07) is 3.62. The summed E-state index contributed by atoms with van der Waals surface area (Å²) >= 11 is 0. The highest BCUT2D eigenvalue weighted by Crippen LogP contribution is 2.27. The summed E-state index contributed by atoms with van der Waals surface area (Å²) in [5, 5.41) is 2.59. The molecule has 2 aromatic heterocycles. The first kappa shape index (κ1) is 20.2. The normalized spacial score (nSPS) is 19.1. The number of morpholine rings is 1. The molecular weight excluding hydrogens is 384 g/mol. The van der Waals surface area contributed by atoms with E-state index in [0.29, 0.717) is 48.9 Å². The average Bonchev–Trinajstić information content (AvgIpc) is 3.29. The maximum Gasteiger partial charge on any atom is 0.254 e. The third kappa shape index (κ3) is 4.11. The van der Waals surface area contributed by atoms with Crippen LogP contribution in [-0.2, 0) is 4.74 Å². The molecule has 0 aliphatic carbocycles. The van der Waals surface area contributed by atoms with Crippen molar-refractivity contribution in [2.45, 2.75) is 19.3 Å². The van der Waals surface area contributed by atoms with Gasteiger partial charge in [-0.05, 0) is 25.5 Å². The fourth-order valence-corrected chi connectivity index (χ4v) is 3.89. The Kier molecular flexibility index (Phi) is 5.89. The van der Waals surface area contributed by atoms with E-state index in [1.165, 1.54) is 0 Å². The predicted octanol–water partition coefficient (Wildman–Crippen LogP) is 1.01. The van der Waals surface area contributed by atoms with Gasteiger partial charge in [-0.25, -0.2) is 15.0 Å². The number of likely N-dealkylation sites (tertiary alicyclic amines) is 1. The standard InChI is InChI=1S/C21H26N6O3/c1-14-17(20(28)22-2)12-24-19(25-14)16-4-6-27(13-16)21(29)15-3-5-23-18(11-15)26-7-9-30-10-8-26/h3,5,11-12,16H,4,6-10,13H2,1-2H3,(H,22,28). The molecule has 1 unspecified atom stereocenters. The van der Waals surface area contributed by atoms with Crippen LogP contribution < -0.4 is 10.2 Å². The quantitative estimate of drug-likeness (QED) is 0.803. The van der Waals surface area contributed by atoms with Crippen LogP contribution in [0.3, 0.4) is 0 Å². The van der Waals surface area contributed by atoms with Gasteiger partial charge in [0.2, 0.25) is 0 Å². The van der Waals surface area contributed by atoms with Gasteiger partial charge in [0.05, 0.1) is 24.5 Å². The average molecular weight is 410 g/mol. The van der Waals surface area contributed by atoms with E-state index >= 15 is 0 Å². The molecule has 2 saturated heterocycles. The van der Waals surface area contributed by atoms with Crippen molar-refractivity contribution < 1.29 is 14.3 Å². The maximum atomic E-state index is 13.1. The third-order valence-electron chi connectivity index (χ3n) is 5.64. The number of nitrogens with one attached hydrogen (secondary N) is 1. The van der Waals surface area contributed by atoms with Gasteiger partial charge in [-0.3, -0.25) is 9.59 Å². The molecule has 0 radical (unpaired) electrons. The monoisotopic (exact) mass is 410 g/mol. The molecule has 4 heterocycles.